The Hall–Kier alpha value is -2.23. The molecule has 0 saturated carbocycles. The summed E-state index contributed by atoms with van der Waals surface area (Å²) in [6, 6.07) is 8.13. The van der Waals surface area contributed by atoms with Crippen molar-refractivity contribution >= 4 is 16.7 Å². The predicted octanol–water partition coefficient (Wildman–Crippen LogP) is 2.34. The first-order valence-electron chi connectivity index (χ1n) is 5.05. The van der Waals surface area contributed by atoms with Crippen molar-refractivity contribution in [3.63, 3.8) is 0 Å². The molecule has 17 heavy (non-hydrogen) atoms. The van der Waals surface area contributed by atoms with Crippen LogP contribution in [0.3, 0.4) is 0 Å². The maximum Gasteiger partial charge on any atom is 0.338 e. The van der Waals surface area contributed by atoms with Crippen LogP contribution in [0.4, 0.5) is 0 Å². The molecule has 0 atom stereocenters. The smallest absolute Gasteiger partial charge is 0.338 e. The van der Waals surface area contributed by atoms with E-state index in [4.69, 9.17) is 9.47 Å². The number of esters is 1. The molecule has 4 nitrogen and oxygen atoms in total. The Kier molecular flexibility index (Phi) is 2.87. The SMILES string of the molecule is COC(=O)c1ccc(O)c2ccc(OC)cc12. The van der Waals surface area contributed by atoms with Crippen molar-refractivity contribution in [2.24, 2.45) is 0 Å². The van der Waals surface area contributed by atoms with E-state index in [9.17, 15) is 9.90 Å². The van der Waals surface area contributed by atoms with Gasteiger partial charge in [-0.1, -0.05) is 0 Å². The number of rotatable bonds is 2. The van der Waals surface area contributed by atoms with E-state index in [0.717, 1.165) is 0 Å². The van der Waals surface area contributed by atoms with Gasteiger partial charge in [-0.05, 0) is 30.3 Å². The molecule has 1 N–H and O–H groups in total. The highest BCUT2D eigenvalue weighted by Gasteiger charge is 2.13. The van der Waals surface area contributed by atoms with Crippen LogP contribution in [-0.2, 0) is 4.74 Å². The van der Waals surface area contributed by atoms with Gasteiger partial charge in [0.1, 0.15) is 11.5 Å². The Morgan fingerprint density at radius 1 is 1.12 bits per heavy atom. The van der Waals surface area contributed by atoms with Gasteiger partial charge in [-0.3, -0.25) is 0 Å². The van der Waals surface area contributed by atoms with Gasteiger partial charge in [0.05, 0.1) is 19.8 Å². The zero-order chi connectivity index (χ0) is 12.4. The van der Waals surface area contributed by atoms with Crippen LogP contribution in [0.1, 0.15) is 10.4 Å². The maximum atomic E-state index is 11.6. The first-order valence-corrected chi connectivity index (χ1v) is 5.05. The molecule has 88 valence electrons. The average molecular weight is 232 g/mol. The normalized spacial score (nSPS) is 10.2. The Bertz CT molecular complexity index is 575. The lowest BCUT2D eigenvalue weighted by molar-refractivity contribution is 0.0603. The van der Waals surface area contributed by atoms with E-state index >= 15 is 0 Å². The zero-order valence-electron chi connectivity index (χ0n) is 9.56. The molecule has 0 bridgehead atoms. The lowest BCUT2D eigenvalue weighted by Crippen LogP contribution is -2.02. The summed E-state index contributed by atoms with van der Waals surface area (Å²) in [5, 5.41) is 10.9. The van der Waals surface area contributed by atoms with Gasteiger partial charge in [0.2, 0.25) is 0 Å². The second kappa shape index (κ2) is 4.33. The molecule has 0 heterocycles. The number of fused-ring (bicyclic) bond motifs is 1. The molecule has 2 aromatic carbocycles. The minimum absolute atomic E-state index is 0.121. The van der Waals surface area contributed by atoms with Gasteiger partial charge in [0, 0.05) is 10.8 Å². The lowest BCUT2D eigenvalue weighted by Gasteiger charge is -2.08. The molecule has 0 aromatic heterocycles. The fourth-order valence-electron chi connectivity index (χ4n) is 1.73. The number of phenolic OH excluding ortho intramolecular Hbond substituents is 1. The minimum atomic E-state index is -0.441. The molecule has 0 aliphatic carbocycles. The Labute approximate surface area is 98.4 Å². The second-order valence-electron chi connectivity index (χ2n) is 3.54. The first kappa shape index (κ1) is 11.3. The van der Waals surface area contributed by atoms with E-state index in [2.05, 4.69) is 0 Å². The predicted molar refractivity (Wildman–Crippen MR) is 63.5 cm³/mol. The first-order chi connectivity index (χ1) is 8.17. The summed E-state index contributed by atoms with van der Waals surface area (Å²) in [6.07, 6.45) is 0. The fraction of sp³-hybridized carbons (Fsp3) is 0.154. The van der Waals surface area contributed by atoms with Crippen LogP contribution >= 0.6 is 0 Å². The van der Waals surface area contributed by atoms with Gasteiger partial charge in [0.25, 0.3) is 0 Å². The summed E-state index contributed by atoms with van der Waals surface area (Å²) in [5.41, 5.74) is 0.402. The maximum absolute atomic E-state index is 11.6. The number of benzene rings is 2. The third kappa shape index (κ3) is 1.89. The number of ether oxygens (including phenoxy) is 2. The van der Waals surface area contributed by atoms with Crippen molar-refractivity contribution in [1.82, 2.24) is 0 Å². The van der Waals surface area contributed by atoms with Crippen LogP contribution in [-0.4, -0.2) is 25.3 Å². The van der Waals surface area contributed by atoms with E-state index in [1.807, 2.05) is 0 Å². The van der Waals surface area contributed by atoms with Gasteiger partial charge in [-0.25, -0.2) is 4.79 Å². The molecule has 0 aliphatic heterocycles. The summed E-state index contributed by atoms with van der Waals surface area (Å²) in [7, 11) is 2.86. The van der Waals surface area contributed by atoms with Gasteiger partial charge < -0.3 is 14.6 Å². The summed E-state index contributed by atoms with van der Waals surface area (Å²) in [4.78, 5) is 11.6. The van der Waals surface area contributed by atoms with E-state index in [1.165, 1.54) is 19.2 Å². The molecule has 0 amide bonds. The van der Waals surface area contributed by atoms with Gasteiger partial charge >= 0.3 is 5.97 Å². The van der Waals surface area contributed by atoms with Crippen molar-refractivity contribution in [3.8, 4) is 11.5 Å². The number of carbonyl (C=O) groups is 1. The Balaban J connectivity index is 2.76. The number of aromatic hydroxyl groups is 1. The Morgan fingerprint density at radius 3 is 2.53 bits per heavy atom. The lowest BCUT2D eigenvalue weighted by atomic mass is 10.0. The van der Waals surface area contributed by atoms with E-state index in [1.54, 1.807) is 25.3 Å². The third-order valence-corrected chi connectivity index (χ3v) is 2.61. The number of carbonyl (C=O) groups excluding carboxylic acids is 1. The number of hydrogen-bond donors (Lipinski definition) is 1. The zero-order valence-corrected chi connectivity index (χ0v) is 9.56. The monoisotopic (exact) mass is 232 g/mol. The van der Waals surface area contributed by atoms with Crippen molar-refractivity contribution in [3.05, 3.63) is 35.9 Å². The van der Waals surface area contributed by atoms with Crippen molar-refractivity contribution in [2.45, 2.75) is 0 Å². The van der Waals surface area contributed by atoms with E-state index < -0.39 is 5.97 Å². The van der Waals surface area contributed by atoms with Crippen LogP contribution in [0.5, 0.6) is 11.5 Å². The molecule has 0 saturated heterocycles. The number of hydrogen-bond acceptors (Lipinski definition) is 4. The highest BCUT2D eigenvalue weighted by molar-refractivity contribution is 6.06. The minimum Gasteiger partial charge on any atom is -0.507 e. The van der Waals surface area contributed by atoms with Crippen LogP contribution in [0.2, 0.25) is 0 Å². The van der Waals surface area contributed by atoms with Crippen LogP contribution in [0.25, 0.3) is 10.8 Å². The van der Waals surface area contributed by atoms with Crippen LogP contribution < -0.4 is 4.74 Å². The summed E-state index contributed by atoms with van der Waals surface area (Å²) in [5.74, 6) is 0.298. The molecule has 0 aliphatic rings. The van der Waals surface area contributed by atoms with Crippen LogP contribution in [0, 0.1) is 0 Å². The van der Waals surface area contributed by atoms with Gasteiger partial charge in [-0.15, -0.1) is 0 Å². The molecule has 4 heteroatoms. The fourth-order valence-corrected chi connectivity index (χ4v) is 1.73. The molecule has 0 spiro atoms. The third-order valence-electron chi connectivity index (χ3n) is 2.61. The summed E-state index contributed by atoms with van der Waals surface area (Å²) in [6.45, 7) is 0. The molecular weight excluding hydrogens is 220 g/mol. The molecule has 0 fully saturated rings. The second-order valence-corrected chi connectivity index (χ2v) is 3.54. The van der Waals surface area contributed by atoms with Crippen molar-refractivity contribution in [2.75, 3.05) is 14.2 Å². The van der Waals surface area contributed by atoms with Crippen molar-refractivity contribution < 1.29 is 19.4 Å². The molecule has 0 unspecified atom stereocenters. The quantitative estimate of drug-likeness (QED) is 0.807. The highest BCUT2D eigenvalue weighted by Crippen LogP contribution is 2.30. The molecule has 2 aromatic rings. The number of methoxy groups -OCH3 is 2. The highest BCUT2D eigenvalue weighted by atomic mass is 16.5. The molecule has 0 radical (unpaired) electrons. The average Bonchev–Trinajstić information content (AvgIpc) is 2.38. The summed E-state index contributed by atoms with van der Waals surface area (Å²) >= 11 is 0. The van der Waals surface area contributed by atoms with Crippen molar-refractivity contribution in [1.29, 1.82) is 0 Å². The van der Waals surface area contributed by atoms with Gasteiger partial charge in [0.15, 0.2) is 0 Å². The van der Waals surface area contributed by atoms with Crippen LogP contribution in [0.15, 0.2) is 30.3 Å². The van der Waals surface area contributed by atoms with E-state index in [0.29, 0.717) is 22.1 Å². The van der Waals surface area contributed by atoms with Gasteiger partial charge in [-0.2, -0.15) is 0 Å². The standard InChI is InChI=1S/C13H12O4/c1-16-8-3-4-9-11(7-8)10(13(15)17-2)5-6-12(9)14/h3-7,14H,1-2H3. The summed E-state index contributed by atoms with van der Waals surface area (Å²) < 4.78 is 9.79. The Morgan fingerprint density at radius 2 is 1.88 bits per heavy atom. The molecule has 2 rings (SSSR count). The largest absolute Gasteiger partial charge is 0.507 e. The topological polar surface area (TPSA) is 55.8 Å². The van der Waals surface area contributed by atoms with E-state index in [-0.39, 0.29) is 5.75 Å². The number of phenols is 1. The molecular formula is C13H12O4.